The summed E-state index contributed by atoms with van der Waals surface area (Å²) in [6, 6.07) is 9.75. The second-order valence-electron chi connectivity index (χ2n) is 9.48. The van der Waals surface area contributed by atoms with E-state index in [1.54, 1.807) is 20.8 Å². The zero-order chi connectivity index (χ0) is 23.3. The Balaban J connectivity index is 2.38. The van der Waals surface area contributed by atoms with Crippen LogP contribution in [0.1, 0.15) is 66.4 Å². The van der Waals surface area contributed by atoms with Crippen LogP contribution in [-0.2, 0) is 30.3 Å². The van der Waals surface area contributed by atoms with Gasteiger partial charge >= 0.3 is 12.1 Å². The van der Waals surface area contributed by atoms with Crippen molar-refractivity contribution >= 4 is 12.1 Å². The Hall–Kier alpha value is -2.12. The van der Waals surface area contributed by atoms with E-state index in [2.05, 4.69) is 5.32 Å². The summed E-state index contributed by atoms with van der Waals surface area (Å²) in [4.78, 5) is 24.0. The summed E-state index contributed by atoms with van der Waals surface area (Å²) in [6.45, 7) is 12.1. The lowest BCUT2D eigenvalue weighted by Gasteiger charge is -2.24. The number of alkyl carbamates (subject to hydrolysis) is 1. The van der Waals surface area contributed by atoms with Crippen molar-refractivity contribution in [1.29, 1.82) is 0 Å². The second-order valence-corrected chi connectivity index (χ2v) is 9.48. The summed E-state index contributed by atoms with van der Waals surface area (Å²) in [7, 11) is 0. The Bertz CT molecular complexity index is 648. The first-order valence-electron chi connectivity index (χ1n) is 10.9. The van der Waals surface area contributed by atoms with E-state index in [0.717, 1.165) is 18.4 Å². The third-order valence-electron chi connectivity index (χ3n) is 3.88. The van der Waals surface area contributed by atoms with Gasteiger partial charge in [-0.15, -0.1) is 0 Å². The van der Waals surface area contributed by atoms with Crippen molar-refractivity contribution in [2.75, 3.05) is 19.8 Å². The molecule has 1 atom stereocenters. The second kappa shape index (κ2) is 13.3. The number of hydrogen-bond donors (Lipinski definition) is 1. The highest BCUT2D eigenvalue weighted by Gasteiger charge is 2.21. The van der Waals surface area contributed by atoms with Crippen molar-refractivity contribution in [3.8, 4) is 0 Å². The highest BCUT2D eigenvalue weighted by Crippen LogP contribution is 2.10. The maximum absolute atomic E-state index is 12.1. The fraction of sp³-hybridized carbons (Fsp3) is 0.667. The standard InChI is InChI=1S/C24H39NO6/c1-23(2,3)30-21(26)18-29-17-20(25-22(27)31-24(4,5)6)14-10-11-15-28-16-19-12-8-7-9-13-19/h7-9,12-13,20H,10-11,14-18H2,1-6H3,(H,25,27)/t20-/m0/s1. The Morgan fingerprint density at radius 1 is 0.903 bits per heavy atom. The number of nitrogens with one attached hydrogen (secondary N) is 1. The molecule has 0 fully saturated rings. The van der Waals surface area contributed by atoms with Crippen LogP contribution in [0.4, 0.5) is 4.79 Å². The van der Waals surface area contributed by atoms with Crippen molar-refractivity contribution in [3.63, 3.8) is 0 Å². The summed E-state index contributed by atoms with van der Waals surface area (Å²) < 4.78 is 21.8. The van der Waals surface area contributed by atoms with Crippen molar-refractivity contribution < 1.29 is 28.5 Å². The molecule has 0 saturated carbocycles. The van der Waals surface area contributed by atoms with E-state index in [1.807, 2.05) is 51.1 Å². The van der Waals surface area contributed by atoms with E-state index < -0.39 is 23.3 Å². The fourth-order valence-corrected chi connectivity index (χ4v) is 2.69. The van der Waals surface area contributed by atoms with Crippen molar-refractivity contribution in [2.45, 2.75) is 84.7 Å². The summed E-state index contributed by atoms with van der Waals surface area (Å²) in [5.41, 5.74) is -0.00597. The average Bonchev–Trinajstić information content (AvgIpc) is 2.62. The summed E-state index contributed by atoms with van der Waals surface area (Å²) in [5, 5.41) is 2.83. The largest absolute Gasteiger partial charge is 0.458 e. The molecule has 0 bridgehead atoms. The Labute approximate surface area is 186 Å². The molecule has 0 aliphatic carbocycles. The zero-order valence-electron chi connectivity index (χ0n) is 19.9. The van der Waals surface area contributed by atoms with Gasteiger partial charge < -0.3 is 24.3 Å². The van der Waals surface area contributed by atoms with Crippen molar-refractivity contribution in [2.24, 2.45) is 0 Å². The molecule has 0 aromatic heterocycles. The number of amides is 1. The minimum absolute atomic E-state index is 0.163. The zero-order valence-corrected chi connectivity index (χ0v) is 19.9. The van der Waals surface area contributed by atoms with E-state index in [-0.39, 0.29) is 19.3 Å². The van der Waals surface area contributed by atoms with Crippen LogP contribution in [0.25, 0.3) is 0 Å². The molecule has 0 aliphatic rings. The molecular formula is C24H39NO6. The molecule has 1 amide bonds. The third-order valence-corrected chi connectivity index (χ3v) is 3.88. The molecule has 1 aromatic rings. The highest BCUT2D eigenvalue weighted by molar-refractivity contribution is 5.71. The number of unbranched alkanes of at least 4 members (excludes halogenated alkanes) is 1. The van der Waals surface area contributed by atoms with Gasteiger partial charge in [-0.2, -0.15) is 0 Å². The molecule has 7 heteroatoms. The first kappa shape index (κ1) is 26.9. The lowest BCUT2D eigenvalue weighted by Crippen LogP contribution is -2.42. The Kier molecular flexibility index (Phi) is 11.6. The van der Waals surface area contributed by atoms with Crippen LogP contribution in [0.15, 0.2) is 30.3 Å². The molecule has 0 spiro atoms. The van der Waals surface area contributed by atoms with E-state index in [9.17, 15) is 9.59 Å². The van der Waals surface area contributed by atoms with Crippen molar-refractivity contribution in [1.82, 2.24) is 5.32 Å². The molecule has 176 valence electrons. The van der Waals surface area contributed by atoms with Crippen LogP contribution in [0.3, 0.4) is 0 Å². The molecule has 1 N–H and O–H groups in total. The fourth-order valence-electron chi connectivity index (χ4n) is 2.69. The minimum atomic E-state index is -0.586. The topological polar surface area (TPSA) is 83.1 Å². The normalized spacial score (nSPS) is 12.8. The number of carbonyl (C=O) groups excluding carboxylic acids is 2. The maximum atomic E-state index is 12.1. The summed E-state index contributed by atoms with van der Waals surface area (Å²) in [5.74, 6) is -0.433. The van der Waals surface area contributed by atoms with E-state index in [0.29, 0.717) is 19.6 Å². The third kappa shape index (κ3) is 15.3. The number of carbonyl (C=O) groups is 2. The number of ether oxygens (including phenoxy) is 4. The Morgan fingerprint density at radius 2 is 1.55 bits per heavy atom. The van der Waals surface area contributed by atoms with Gasteiger partial charge in [0.15, 0.2) is 0 Å². The van der Waals surface area contributed by atoms with Crippen LogP contribution >= 0.6 is 0 Å². The lowest BCUT2D eigenvalue weighted by molar-refractivity contribution is -0.160. The molecular weight excluding hydrogens is 398 g/mol. The van der Waals surface area contributed by atoms with Gasteiger partial charge in [0.2, 0.25) is 0 Å². The molecule has 0 radical (unpaired) electrons. The van der Waals surface area contributed by atoms with Crippen LogP contribution in [0.5, 0.6) is 0 Å². The van der Waals surface area contributed by atoms with E-state index in [1.165, 1.54) is 0 Å². The van der Waals surface area contributed by atoms with Gasteiger partial charge in [-0.25, -0.2) is 9.59 Å². The molecule has 7 nitrogen and oxygen atoms in total. The van der Waals surface area contributed by atoms with Crippen LogP contribution in [0.2, 0.25) is 0 Å². The quantitative estimate of drug-likeness (QED) is 0.379. The van der Waals surface area contributed by atoms with Crippen molar-refractivity contribution in [3.05, 3.63) is 35.9 Å². The van der Waals surface area contributed by atoms with E-state index in [4.69, 9.17) is 18.9 Å². The maximum Gasteiger partial charge on any atom is 0.407 e. The molecule has 0 saturated heterocycles. The van der Waals surface area contributed by atoms with Gasteiger partial charge in [0.05, 0.1) is 19.3 Å². The number of hydrogen-bond acceptors (Lipinski definition) is 6. The smallest absolute Gasteiger partial charge is 0.407 e. The molecule has 0 heterocycles. The van der Waals surface area contributed by atoms with Gasteiger partial charge in [0.1, 0.15) is 17.8 Å². The van der Waals surface area contributed by atoms with Crippen LogP contribution < -0.4 is 5.32 Å². The first-order chi connectivity index (χ1) is 14.4. The van der Waals surface area contributed by atoms with Gasteiger partial charge in [-0.05, 0) is 66.4 Å². The highest BCUT2D eigenvalue weighted by atomic mass is 16.6. The SMILES string of the molecule is CC(C)(C)OC(=O)COC[C@H](CCCCOCc1ccccc1)NC(=O)OC(C)(C)C. The number of benzene rings is 1. The van der Waals surface area contributed by atoms with E-state index >= 15 is 0 Å². The molecule has 31 heavy (non-hydrogen) atoms. The van der Waals surface area contributed by atoms with Crippen LogP contribution in [-0.4, -0.2) is 49.1 Å². The minimum Gasteiger partial charge on any atom is -0.458 e. The predicted octanol–water partition coefficient (Wildman–Crippen LogP) is 4.63. The first-order valence-corrected chi connectivity index (χ1v) is 10.9. The van der Waals surface area contributed by atoms with Gasteiger partial charge in [0, 0.05) is 6.61 Å². The Morgan fingerprint density at radius 3 is 2.16 bits per heavy atom. The monoisotopic (exact) mass is 437 g/mol. The predicted molar refractivity (Wildman–Crippen MR) is 120 cm³/mol. The number of rotatable bonds is 12. The summed E-state index contributed by atoms with van der Waals surface area (Å²) in [6.07, 6.45) is 1.87. The van der Waals surface area contributed by atoms with Crippen LogP contribution in [0, 0.1) is 0 Å². The lowest BCUT2D eigenvalue weighted by atomic mass is 10.1. The average molecular weight is 438 g/mol. The molecule has 1 aromatic carbocycles. The summed E-state index contributed by atoms with van der Waals surface area (Å²) >= 11 is 0. The molecule has 0 aliphatic heterocycles. The van der Waals surface area contributed by atoms with Gasteiger partial charge in [0.25, 0.3) is 0 Å². The number of esters is 1. The molecule has 0 unspecified atom stereocenters. The molecule has 1 rings (SSSR count). The van der Waals surface area contributed by atoms with Gasteiger partial charge in [-0.1, -0.05) is 30.3 Å². The van der Waals surface area contributed by atoms with Gasteiger partial charge in [-0.3, -0.25) is 0 Å².